The van der Waals surface area contributed by atoms with E-state index in [9.17, 15) is 22.8 Å². The van der Waals surface area contributed by atoms with E-state index in [4.69, 9.17) is 0 Å². The second-order valence-corrected chi connectivity index (χ2v) is 5.94. The Balaban J connectivity index is 1.90. The Morgan fingerprint density at radius 1 is 1.40 bits per heavy atom. The first-order chi connectivity index (χ1) is 11.8. The van der Waals surface area contributed by atoms with Crippen molar-refractivity contribution in [1.82, 2.24) is 14.8 Å². The normalized spacial score (nSPS) is 17.0. The number of anilines is 2. The molecule has 2 amide bonds. The van der Waals surface area contributed by atoms with Gasteiger partial charge in [-0.2, -0.15) is 18.2 Å². The molecule has 0 saturated heterocycles. The molecule has 0 spiro atoms. The lowest BCUT2D eigenvalue weighted by Gasteiger charge is -2.23. The average molecular weight is 371 g/mol. The van der Waals surface area contributed by atoms with Crippen molar-refractivity contribution < 1.29 is 22.8 Å². The summed E-state index contributed by atoms with van der Waals surface area (Å²) in [5.74, 6) is -1.15. The molecule has 132 valence electrons. The highest BCUT2D eigenvalue weighted by atomic mass is 32.2. The molecule has 1 aromatic heterocycles. The van der Waals surface area contributed by atoms with Crippen LogP contribution in [-0.2, 0) is 15.8 Å². The highest BCUT2D eigenvalue weighted by Crippen LogP contribution is 2.35. The van der Waals surface area contributed by atoms with E-state index in [1.807, 2.05) is 0 Å². The van der Waals surface area contributed by atoms with E-state index in [0.29, 0.717) is 5.16 Å². The van der Waals surface area contributed by atoms with Gasteiger partial charge in [0.2, 0.25) is 22.9 Å². The van der Waals surface area contributed by atoms with Crippen LogP contribution >= 0.6 is 11.8 Å². The molecule has 0 bridgehead atoms. The van der Waals surface area contributed by atoms with Gasteiger partial charge in [0, 0.05) is 0 Å². The topological polar surface area (TPSA) is 88.9 Å². The number of hydrogen-bond donors (Lipinski definition) is 2. The summed E-state index contributed by atoms with van der Waals surface area (Å²) in [6.45, 7) is 0. The number of benzene rings is 1. The maximum absolute atomic E-state index is 13.0. The molecule has 1 atom stereocenters. The molecule has 1 aromatic carbocycles. The van der Waals surface area contributed by atoms with Gasteiger partial charge >= 0.3 is 6.18 Å². The quantitative estimate of drug-likeness (QED) is 0.810. The summed E-state index contributed by atoms with van der Waals surface area (Å²) in [4.78, 5) is 28.3. The predicted octanol–water partition coefficient (Wildman–Crippen LogP) is 2.54. The van der Waals surface area contributed by atoms with E-state index < -0.39 is 29.6 Å². The van der Waals surface area contributed by atoms with Crippen LogP contribution in [0.15, 0.2) is 29.4 Å². The summed E-state index contributed by atoms with van der Waals surface area (Å²) in [6, 6.07) is 3.55. The second kappa shape index (κ2) is 6.39. The van der Waals surface area contributed by atoms with Crippen molar-refractivity contribution in [2.45, 2.75) is 23.8 Å². The Bertz CT molecular complexity index is 836. The van der Waals surface area contributed by atoms with Gasteiger partial charge in [0.05, 0.1) is 17.7 Å². The molecule has 3 rings (SSSR count). The van der Waals surface area contributed by atoms with Gasteiger partial charge in [-0.1, -0.05) is 23.9 Å². The van der Waals surface area contributed by atoms with Crippen molar-refractivity contribution in [3.05, 3.63) is 29.8 Å². The zero-order valence-electron chi connectivity index (χ0n) is 12.8. The van der Waals surface area contributed by atoms with Crippen LogP contribution in [0.1, 0.15) is 18.0 Å². The number of hydrogen-bond acceptors (Lipinski definition) is 5. The molecule has 7 nitrogen and oxygen atoms in total. The number of amides is 2. The zero-order chi connectivity index (χ0) is 18.2. The van der Waals surface area contributed by atoms with Gasteiger partial charge in [0.1, 0.15) is 6.04 Å². The number of alkyl halides is 3. The maximum atomic E-state index is 13.0. The van der Waals surface area contributed by atoms with Gasteiger partial charge in [-0.15, -0.1) is 5.10 Å². The summed E-state index contributed by atoms with van der Waals surface area (Å²) in [5, 5.41) is 9.15. The average Bonchev–Trinajstić information content (AvgIpc) is 2.96. The maximum Gasteiger partial charge on any atom is 0.418 e. The van der Waals surface area contributed by atoms with Gasteiger partial charge in [0.15, 0.2) is 0 Å². The molecule has 2 heterocycles. The molecule has 0 fully saturated rings. The predicted molar refractivity (Wildman–Crippen MR) is 84.2 cm³/mol. The third-order valence-electron chi connectivity index (χ3n) is 3.51. The van der Waals surface area contributed by atoms with Crippen LogP contribution in [0.4, 0.5) is 24.8 Å². The standard InChI is InChI=1S/C14H12F3N5O2S/c1-25-13-20-12-19-10(23)6-9(22(12)21-13)11(24)18-8-5-3-2-4-7(8)14(15,16)17/h2-5,9H,6H2,1H3,(H,18,24)(H,19,20,21,23). The van der Waals surface area contributed by atoms with Gasteiger partial charge in [-0.05, 0) is 18.4 Å². The molecular formula is C14H12F3N5O2S. The number of fused-ring (bicyclic) bond motifs is 1. The van der Waals surface area contributed by atoms with Crippen molar-refractivity contribution in [3.63, 3.8) is 0 Å². The molecule has 0 aliphatic carbocycles. The fourth-order valence-electron chi connectivity index (χ4n) is 2.39. The SMILES string of the molecule is CSc1nc2n(n1)C(C(=O)Nc1ccccc1C(F)(F)F)CC(=O)N2. The minimum atomic E-state index is -4.61. The van der Waals surface area contributed by atoms with Gasteiger partial charge in [-0.25, -0.2) is 4.68 Å². The Hall–Kier alpha value is -2.56. The number of nitrogens with one attached hydrogen (secondary N) is 2. The number of halogens is 3. The van der Waals surface area contributed by atoms with Crippen molar-refractivity contribution in [3.8, 4) is 0 Å². The number of thioether (sulfide) groups is 1. The fourth-order valence-corrected chi connectivity index (χ4v) is 2.74. The Morgan fingerprint density at radius 2 is 2.12 bits per heavy atom. The van der Waals surface area contributed by atoms with E-state index in [1.165, 1.54) is 28.6 Å². The number of carbonyl (C=O) groups excluding carboxylic acids is 2. The molecule has 1 aliphatic heterocycles. The van der Waals surface area contributed by atoms with E-state index in [-0.39, 0.29) is 18.1 Å². The van der Waals surface area contributed by atoms with Gasteiger partial charge in [-0.3, -0.25) is 14.9 Å². The fraction of sp³-hybridized carbons (Fsp3) is 0.286. The summed E-state index contributed by atoms with van der Waals surface area (Å²) in [7, 11) is 0. The largest absolute Gasteiger partial charge is 0.418 e. The third-order valence-corrected chi connectivity index (χ3v) is 4.05. The first-order valence-electron chi connectivity index (χ1n) is 7.07. The number of rotatable bonds is 3. The molecule has 0 saturated carbocycles. The summed E-state index contributed by atoms with van der Waals surface area (Å²) in [5.41, 5.74) is -1.34. The van der Waals surface area contributed by atoms with E-state index >= 15 is 0 Å². The van der Waals surface area contributed by atoms with Gasteiger partial charge in [0.25, 0.3) is 0 Å². The summed E-state index contributed by atoms with van der Waals surface area (Å²) in [6.07, 6.45) is -3.14. The number of nitrogens with zero attached hydrogens (tertiary/aromatic N) is 3. The van der Waals surface area contributed by atoms with Crippen LogP contribution < -0.4 is 10.6 Å². The molecule has 0 radical (unpaired) electrons. The monoisotopic (exact) mass is 371 g/mol. The number of aromatic nitrogens is 3. The minimum Gasteiger partial charge on any atom is -0.324 e. The van der Waals surface area contributed by atoms with Crippen LogP contribution in [0.2, 0.25) is 0 Å². The van der Waals surface area contributed by atoms with Crippen molar-refractivity contribution in [2.75, 3.05) is 16.9 Å². The number of para-hydroxylation sites is 1. The van der Waals surface area contributed by atoms with Gasteiger partial charge < -0.3 is 5.32 Å². The zero-order valence-corrected chi connectivity index (χ0v) is 13.6. The van der Waals surface area contributed by atoms with Crippen LogP contribution in [0.5, 0.6) is 0 Å². The van der Waals surface area contributed by atoms with Crippen LogP contribution in [0.25, 0.3) is 0 Å². The summed E-state index contributed by atoms with van der Waals surface area (Å²) >= 11 is 1.21. The van der Waals surface area contributed by atoms with Crippen molar-refractivity contribution in [1.29, 1.82) is 0 Å². The van der Waals surface area contributed by atoms with Crippen molar-refractivity contribution in [2.24, 2.45) is 0 Å². The highest BCUT2D eigenvalue weighted by Gasteiger charge is 2.36. The lowest BCUT2D eigenvalue weighted by atomic mass is 10.1. The first kappa shape index (κ1) is 17.3. The molecule has 1 unspecified atom stereocenters. The molecular weight excluding hydrogens is 359 g/mol. The molecule has 25 heavy (non-hydrogen) atoms. The molecule has 2 aromatic rings. The lowest BCUT2D eigenvalue weighted by Crippen LogP contribution is -2.36. The number of carbonyl (C=O) groups is 2. The van der Waals surface area contributed by atoms with Crippen LogP contribution in [0, 0.1) is 0 Å². The second-order valence-electron chi connectivity index (χ2n) is 5.17. The van der Waals surface area contributed by atoms with Crippen LogP contribution in [-0.4, -0.2) is 32.8 Å². The molecule has 11 heteroatoms. The van der Waals surface area contributed by atoms with Crippen LogP contribution in [0.3, 0.4) is 0 Å². The summed E-state index contributed by atoms with van der Waals surface area (Å²) < 4.78 is 40.3. The Kier molecular flexibility index (Phi) is 4.41. The Morgan fingerprint density at radius 3 is 2.80 bits per heavy atom. The van der Waals surface area contributed by atoms with E-state index in [2.05, 4.69) is 20.7 Å². The van der Waals surface area contributed by atoms with E-state index in [1.54, 1.807) is 6.26 Å². The van der Waals surface area contributed by atoms with Crippen molar-refractivity contribution >= 4 is 35.2 Å². The first-order valence-corrected chi connectivity index (χ1v) is 8.29. The smallest absolute Gasteiger partial charge is 0.324 e. The highest BCUT2D eigenvalue weighted by molar-refractivity contribution is 7.98. The van der Waals surface area contributed by atoms with E-state index in [0.717, 1.165) is 12.1 Å². The Labute approximate surface area is 144 Å². The molecule has 2 N–H and O–H groups in total. The molecule has 1 aliphatic rings. The third kappa shape index (κ3) is 3.45. The minimum absolute atomic E-state index is 0.0878. The lowest BCUT2D eigenvalue weighted by molar-refractivity contribution is -0.137.